The number of rotatable bonds is 14. The van der Waals surface area contributed by atoms with E-state index >= 15 is 0 Å². The third kappa shape index (κ3) is 21.7. The van der Waals surface area contributed by atoms with Crippen LogP contribution in [-0.2, 0) is 106 Å². The van der Waals surface area contributed by atoms with E-state index in [-0.39, 0.29) is 106 Å². The average molecular weight is 2500 g/mol. The van der Waals surface area contributed by atoms with Gasteiger partial charge in [-0.25, -0.2) is 54.5 Å². The molecule has 18 aromatic rings. The summed E-state index contributed by atoms with van der Waals surface area (Å²) in [6.07, 6.45) is 29.7. The van der Waals surface area contributed by atoms with Gasteiger partial charge >= 0.3 is 0 Å². The Kier molecular flexibility index (Phi) is 33.7. The number of hydrogen-bond acceptors (Lipinski definition) is 21. The normalized spacial score (nSPS) is 11.4. The number of nitrogens with zero attached hydrogens (tertiary/aromatic N) is 26. The van der Waals surface area contributed by atoms with Crippen LogP contribution in [0, 0.1) is 58.0 Å². The SMILES string of the molecule is CC(C)(C)c1nnc(-c2[c-]cccc2)n1-c1cncnc1.Cc1ccccc1-c1c(-c2[c-]cccc2)nnn1-c1cncnc1.Cc1ncnc(C)c1-n1c(-c2[c-]cccc2)nnc1-c1cccnc1-c1ccccc1.Cc1nnc(-c2[c-]cccc2)n1-c1cncnc1.[Ir].[Ir].[Ir].[Ir].[Ir].[c-]1ccccc1-c1nnc(C2CCCCC2)n1-c1cncnc1. The van der Waals surface area contributed by atoms with Crippen molar-refractivity contribution < 1.29 is 101 Å². The topological polar surface area (TPSA) is 295 Å². The Morgan fingerprint density at radius 1 is 0.344 bits per heavy atom. The smallest absolute Gasteiger partial charge is 0.161 e. The molecule has 1 saturated carbocycles. The Labute approximate surface area is 773 Å². The molecule has 0 amide bonds. The Hall–Kier alpha value is -12.0. The van der Waals surface area contributed by atoms with Crippen LogP contribution in [0.1, 0.15) is 93.2 Å². The van der Waals surface area contributed by atoms with E-state index in [4.69, 9.17) is 0 Å². The van der Waals surface area contributed by atoms with Gasteiger partial charge in [0.1, 0.15) is 54.8 Å². The van der Waals surface area contributed by atoms with Crippen molar-refractivity contribution in [2.45, 2.75) is 91.9 Å². The van der Waals surface area contributed by atoms with Crippen molar-refractivity contribution >= 4 is 0 Å². The zero-order chi connectivity index (χ0) is 80.3. The van der Waals surface area contributed by atoms with Crippen molar-refractivity contribution in [1.82, 2.24) is 129 Å². The fourth-order valence-corrected chi connectivity index (χ4v) is 13.6. The molecule has 19 rings (SSSR count). The molecule has 0 unspecified atom stereocenters. The van der Waals surface area contributed by atoms with E-state index in [0.29, 0.717) is 17.6 Å². The molecule has 11 aromatic heterocycles. The summed E-state index contributed by atoms with van der Waals surface area (Å²) in [5.74, 6) is 6.78. The fraction of sp³-hybridized carbons (Fsp3) is 0.154. The third-order valence-electron chi connectivity index (χ3n) is 19.0. The van der Waals surface area contributed by atoms with Gasteiger partial charge in [0.15, 0.2) is 5.82 Å². The molecule has 0 bridgehead atoms. The van der Waals surface area contributed by atoms with Crippen molar-refractivity contribution in [1.29, 1.82) is 0 Å². The molecule has 26 nitrogen and oxygen atoms in total. The number of aromatic nitrogens is 26. The molecule has 1 fully saturated rings. The van der Waals surface area contributed by atoms with Gasteiger partial charge in [0.2, 0.25) is 0 Å². The van der Waals surface area contributed by atoms with Gasteiger partial charge in [0.05, 0.1) is 118 Å². The van der Waals surface area contributed by atoms with Crippen LogP contribution < -0.4 is 0 Å². The van der Waals surface area contributed by atoms with Gasteiger partial charge < -0.3 is 18.3 Å². The number of aryl methyl sites for hydroxylation is 4. The van der Waals surface area contributed by atoms with Crippen LogP contribution in [0.4, 0.5) is 0 Å². The van der Waals surface area contributed by atoms with Crippen LogP contribution in [0.2, 0.25) is 0 Å². The van der Waals surface area contributed by atoms with E-state index in [1.165, 1.54) is 51.1 Å². The molecule has 1 aliphatic rings. The molecule has 0 saturated heterocycles. The summed E-state index contributed by atoms with van der Waals surface area (Å²) in [7, 11) is 0. The first kappa shape index (κ1) is 92.3. The third-order valence-corrected chi connectivity index (χ3v) is 19.0. The van der Waals surface area contributed by atoms with Gasteiger partial charge in [-0.2, -0.15) is 25.5 Å². The largest absolute Gasteiger partial charge is 0.318 e. The minimum atomic E-state index is -0.143. The summed E-state index contributed by atoms with van der Waals surface area (Å²) in [4.78, 5) is 46.3. The standard InChI is InChI=1S/C25H19N6.C19H14N5.C18H18N5.C16H16N5.C13H10N5.5Ir/c1-17-23(18(2)28-16-27-17)31-24(20-12-7-4-8-13-20)29-30-25(31)21-14-9-15-26-22(21)19-10-5-3-6-11-19;1-14-7-5-6-10-17(14)19-18(15-8-3-2-4-9-15)22-23-24(19)16-11-20-13-21-12-16;1-3-7-14(8-4-1)17-21-22-18(15-9-5-2-6-10-15)23(17)16-11-19-13-20-12-16;1-16(2,3)15-20-19-14(12-7-5-4-6-8-12)21(15)13-9-17-11-18-10-13;1-10-16-17-13(11-5-3-2-4-6-11)18(10)12-7-14-9-15-8-12;;;;;/h3-12,14-16H,1-2H3;2-8,10-13H,1H3;1,3-4,7,11-13,15H,2,5-6,9-10H2;4-7,9-11H,1-3H3;2-5,7-9H,1H3;;;;;/q5*-1;;;;;. The summed E-state index contributed by atoms with van der Waals surface area (Å²) >= 11 is 0. The maximum Gasteiger partial charge on any atom is 0.161 e. The Morgan fingerprint density at radius 3 is 1.27 bits per heavy atom. The number of pyridine rings is 1. The number of benzene rings is 7. The molecule has 621 valence electrons. The predicted molar refractivity (Wildman–Crippen MR) is 444 cm³/mol. The predicted octanol–water partition coefficient (Wildman–Crippen LogP) is 16.6. The average Bonchev–Trinajstić information content (AvgIpc) is 1.56. The minimum absolute atomic E-state index is 0. The van der Waals surface area contributed by atoms with E-state index in [1.807, 2.05) is 223 Å². The van der Waals surface area contributed by atoms with Crippen LogP contribution in [0.3, 0.4) is 0 Å². The molecule has 31 heteroatoms. The monoisotopic (exact) mass is 2500 g/mol. The fourth-order valence-electron chi connectivity index (χ4n) is 13.6. The first-order valence-electron chi connectivity index (χ1n) is 37.9. The molecule has 7 aromatic carbocycles. The minimum Gasteiger partial charge on any atom is -0.318 e. The van der Waals surface area contributed by atoms with E-state index in [1.54, 1.807) is 60.7 Å². The van der Waals surface area contributed by atoms with Crippen LogP contribution >= 0.6 is 0 Å². The van der Waals surface area contributed by atoms with Crippen molar-refractivity contribution in [3.8, 4) is 119 Å². The molecule has 0 spiro atoms. The molecule has 0 atom stereocenters. The maximum atomic E-state index is 4.67. The molecular formula is C91H77Ir5N26-5. The first-order chi connectivity index (χ1) is 57.4. The summed E-state index contributed by atoms with van der Waals surface area (Å²) in [6.45, 7) is 14.2. The second-order valence-electron chi connectivity index (χ2n) is 28.0. The molecule has 1 aliphatic carbocycles. The first-order valence-corrected chi connectivity index (χ1v) is 37.9. The molecule has 11 heterocycles. The Balaban J connectivity index is 0.000000160. The second-order valence-corrected chi connectivity index (χ2v) is 28.0. The van der Waals surface area contributed by atoms with Crippen molar-refractivity contribution in [2.75, 3.05) is 0 Å². The van der Waals surface area contributed by atoms with Crippen LogP contribution in [0.15, 0.2) is 275 Å². The van der Waals surface area contributed by atoms with E-state index in [9.17, 15) is 0 Å². The molecular weight excluding hydrogens is 2420 g/mol. The quantitative estimate of drug-likeness (QED) is 0.0914. The van der Waals surface area contributed by atoms with Gasteiger partial charge in [0, 0.05) is 135 Å². The summed E-state index contributed by atoms with van der Waals surface area (Å²) in [5, 5.41) is 43.9. The zero-order valence-electron chi connectivity index (χ0n) is 66.9. The van der Waals surface area contributed by atoms with E-state index in [0.717, 1.165) is 142 Å². The zero-order valence-corrected chi connectivity index (χ0v) is 78.9. The molecule has 122 heavy (non-hydrogen) atoms. The Bertz CT molecular complexity index is 6130. The number of hydrogen-bond donors (Lipinski definition) is 0. The van der Waals surface area contributed by atoms with Gasteiger partial charge in [-0.1, -0.05) is 99.8 Å². The molecule has 0 aliphatic heterocycles. The summed E-state index contributed by atoms with van der Waals surface area (Å²) in [5.41, 5.74) is 16.9. The van der Waals surface area contributed by atoms with Gasteiger partial charge in [-0.3, -0.25) is 4.98 Å². The second kappa shape index (κ2) is 44.5. The Morgan fingerprint density at radius 2 is 0.762 bits per heavy atom. The van der Waals surface area contributed by atoms with Crippen LogP contribution in [0.5, 0.6) is 0 Å². The van der Waals surface area contributed by atoms with E-state index < -0.39 is 0 Å². The van der Waals surface area contributed by atoms with Crippen molar-refractivity contribution in [3.63, 3.8) is 0 Å². The van der Waals surface area contributed by atoms with Gasteiger partial charge in [-0.05, 0) is 63.8 Å². The molecule has 5 radical (unpaired) electrons. The van der Waals surface area contributed by atoms with Crippen molar-refractivity contribution in [2.24, 2.45) is 0 Å². The maximum absolute atomic E-state index is 4.67. The van der Waals surface area contributed by atoms with Crippen LogP contribution in [0.25, 0.3) is 119 Å². The summed E-state index contributed by atoms with van der Waals surface area (Å²) in [6, 6.07) is 77.0. The van der Waals surface area contributed by atoms with Gasteiger partial charge in [-0.15, -0.1) is 200 Å². The van der Waals surface area contributed by atoms with Crippen LogP contribution in [-0.4, -0.2) is 129 Å². The summed E-state index contributed by atoms with van der Waals surface area (Å²) < 4.78 is 9.79. The van der Waals surface area contributed by atoms with Gasteiger partial charge in [0.25, 0.3) is 0 Å². The van der Waals surface area contributed by atoms with E-state index in [2.05, 4.69) is 181 Å². The van der Waals surface area contributed by atoms with Crippen molar-refractivity contribution in [3.05, 3.63) is 340 Å². The molecule has 0 N–H and O–H groups in total.